The largest absolute Gasteiger partial charge is 0.360 e. The standard InChI is InChI=1S/C13H18N4OS/c1-11-6-13(18-15-11)8-17-4-2-16(3-5-17)7-12-9-19-10-14-12/h6,9-10H,2-5,7-8H2,1H3. The highest BCUT2D eigenvalue weighted by atomic mass is 32.1. The van der Waals surface area contributed by atoms with Gasteiger partial charge >= 0.3 is 0 Å². The molecule has 0 atom stereocenters. The zero-order valence-electron chi connectivity index (χ0n) is 11.1. The third-order valence-corrected chi connectivity index (χ3v) is 4.03. The van der Waals surface area contributed by atoms with Crippen LogP contribution in [0.4, 0.5) is 0 Å². The van der Waals surface area contributed by atoms with E-state index in [2.05, 4.69) is 25.3 Å². The molecule has 6 heteroatoms. The monoisotopic (exact) mass is 278 g/mol. The molecule has 0 amide bonds. The molecule has 2 aromatic heterocycles. The average Bonchev–Trinajstić information content (AvgIpc) is 3.04. The second-order valence-electron chi connectivity index (χ2n) is 4.97. The van der Waals surface area contributed by atoms with Crippen molar-refractivity contribution < 1.29 is 4.52 Å². The first kappa shape index (κ1) is 12.8. The summed E-state index contributed by atoms with van der Waals surface area (Å²) in [6, 6.07) is 2.02. The first-order valence-electron chi connectivity index (χ1n) is 6.53. The topological polar surface area (TPSA) is 45.4 Å². The second kappa shape index (κ2) is 5.81. The quantitative estimate of drug-likeness (QED) is 0.852. The van der Waals surface area contributed by atoms with Crippen LogP contribution in [0, 0.1) is 6.92 Å². The first-order valence-corrected chi connectivity index (χ1v) is 7.48. The average molecular weight is 278 g/mol. The maximum absolute atomic E-state index is 5.27. The van der Waals surface area contributed by atoms with Crippen molar-refractivity contribution in [3.8, 4) is 0 Å². The zero-order chi connectivity index (χ0) is 13.1. The number of thiazole rings is 1. The zero-order valence-corrected chi connectivity index (χ0v) is 11.9. The number of piperazine rings is 1. The summed E-state index contributed by atoms with van der Waals surface area (Å²) < 4.78 is 5.27. The molecule has 1 fully saturated rings. The Kier molecular flexibility index (Phi) is 3.91. The summed E-state index contributed by atoms with van der Waals surface area (Å²) >= 11 is 1.67. The van der Waals surface area contributed by atoms with Crippen molar-refractivity contribution >= 4 is 11.3 Å². The van der Waals surface area contributed by atoms with E-state index in [0.717, 1.165) is 50.7 Å². The molecule has 1 saturated heterocycles. The lowest BCUT2D eigenvalue weighted by atomic mass is 10.2. The van der Waals surface area contributed by atoms with Crippen molar-refractivity contribution in [2.75, 3.05) is 26.2 Å². The maximum atomic E-state index is 5.27. The van der Waals surface area contributed by atoms with Crippen LogP contribution >= 0.6 is 11.3 Å². The van der Waals surface area contributed by atoms with Crippen molar-refractivity contribution in [3.63, 3.8) is 0 Å². The minimum Gasteiger partial charge on any atom is -0.360 e. The molecule has 19 heavy (non-hydrogen) atoms. The van der Waals surface area contributed by atoms with Crippen LogP contribution in [0.1, 0.15) is 17.1 Å². The summed E-state index contributed by atoms with van der Waals surface area (Å²) in [4.78, 5) is 9.21. The predicted molar refractivity (Wildman–Crippen MR) is 73.9 cm³/mol. The van der Waals surface area contributed by atoms with Crippen molar-refractivity contribution in [2.24, 2.45) is 0 Å². The maximum Gasteiger partial charge on any atom is 0.150 e. The van der Waals surface area contributed by atoms with Gasteiger partial charge in [-0.05, 0) is 6.92 Å². The Bertz CT molecular complexity index is 502. The highest BCUT2D eigenvalue weighted by molar-refractivity contribution is 7.07. The van der Waals surface area contributed by atoms with E-state index in [1.165, 1.54) is 5.69 Å². The molecule has 0 aliphatic carbocycles. The number of nitrogens with zero attached hydrogens (tertiary/aromatic N) is 4. The molecule has 3 rings (SSSR count). The van der Waals surface area contributed by atoms with E-state index in [1.54, 1.807) is 11.3 Å². The molecule has 5 nitrogen and oxygen atoms in total. The molecule has 3 heterocycles. The van der Waals surface area contributed by atoms with Gasteiger partial charge in [0.2, 0.25) is 0 Å². The van der Waals surface area contributed by atoms with Crippen LogP contribution in [0.25, 0.3) is 0 Å². The summed E-state index contributed by atoms with van der Waals surface area (Å²) in [5.74, 6) is 0.963. The van der Waals surface area contributed by atoms with Gasteiger partial charge in [0.1, 0.15) is 0 Å². The Balaban J connectivity index is 1.46. The van der Waals surface area contributed by atoms with Gasteiger partial charge in [0.05, 0.1) is 23.4 Å². The second-order valence-corrected chi connectivity index (χ2v) is 5.69. The molecule has 2 aromatic rings. The fourth-order valence-corrected chi connectivity index (χ4v) is 2.91. The summed E-state index contributed by atoms with van der Waals surface area (Å²) in [5.41, 5.74) is 4.04. The van der Waals surface area contributed by atoms with Crippen molar-refractivity contribution in [3.05, 3.63) is 34.1 Å². The smallest absolute Gasteiger partial charge is 0.150 e. The lowest BCUT2D eigenvalue weighted by molar-refractivity contribution is 0.113. The predicted octanol–water partition coefficient (Wildman–Crippen LogP) is 1.76. The van der Waals surface area contributed by atoms with Crippen LogP contribution in [0.2, 0.25) is 0 Å². The van der Waals surface area contributed by atoms with Gasteiger partial charge in [-0.1, -0.05) is 5.16 Å². The normalized spacial score (nSPS) is 17.9. The molecule has 0 spiro atoms. The highest BCUT2D eigenvalue weighted by Crippen LogP contribution is 2.12. The van der Waals surface area contributed by atoms with Crippen LogP contribution in [0.5, 0.6) is 0 Å². The molecule has 0 bridgehead atoms. The number of hydrogen-bond acceptors (Lipinski definition) is 6. The molecule has 0 aromatic carbocycles. The Morgan fingerprint density at radius 3 is 2.53 bits per heavy atom. The summed E-state index contributed by atoms with van der Waals surface area (Å²) in [6.07, 6.45) is 0. The number of rotatable bonds is 4. The van der Waals surface area contributed by atoms with Crippen LogP contribution in [0.15, 0.2) is 21.5 Å². The molecule has 0 N–H and O–H groups in total. The molecular weight excluding hydrogens is 260 g/mol. The highest BCUT2D eigenvalue weighted by Gasteiger charge is 2.18. The van der Waals surface area contributed by atoms with E-state index in [9.17, 15) is 0 Å². The Labute approximate surface area is 116 Å². The molecule has 1 aliphatic rings. The fraction of sp³-hybridized carbons (Fsp3) is 0.538. The van der Waals surface area contributed by atoms with Gasteiger partial charge in [-0.3, -0.25) is 9.80 Å². The number of hydrogen-bond donors (Lipinski definition) is 0. The molecule has 0 saturated carbocycles. The summed E-state index contributed by atoms with van der Waals surface area (Å²) in [7, 11) is 0. The van der Waals surface area contributed by atoms with Gasteiger partial charge in [-0.25, -0.2) is 4.98 Å². The third kappa shape index (κ3) is 3.40. The van der Waals surface area contributed by atoms with Crippen molar-refractivity contribution in [1.29, 1.82) is 0 Å². The van der Waals surface area contributed by atoms with Crippen molar-refractivity contribution in [1.82, 2.24) is 19.9 Å². The number of aromatic nitrogens is 2. The lowest BCUT2D eigenvalue weighted by Gasteiger charge is -2.33. The van der Waals surface area contributed by atoms with Gasteiger partial charge in [-0.15, -0.1) is 11.3 Å². The molecule has 0 unspecified atom stereocenters. The van der Waals surface area contributed by atoms with E-state index in [-0.39, 0.29) is 0 Å². The first-order chi connectivity index (χ1) is 9.29. The van der Waals surface area contributed by atoms with Gasteiger partial charge in [0, 0.05) is 44.2 Å². The van der Waals surface area contributed by atoms with E-state index < -0.39 is 0 Å². The Morgan fingerprint density at radius 1 is 1.21 bits per heavy atom. The van der Waals surface area contributed by atoms with Gasteiger partial charge < -0.3 is 4.52 Å². The van der Waals surface area contributed by atoms with E-state index in [0.29, 0.717) is 0 Å². The lowest BCUT2D eigenvalue weighted by Crippen LogP contribution is -2.45. The minimum absolute atomic E-state index is 0.866. The molecule has 102 valence electrons. The molecule has 0 radical (unpaired) electrons. The van der Waals surface area contributed by atoms with Gasteiger partial charge in [-0.2, -0.15) is 0 Å². The number of aryl methyl sites for hydroxylation is 1. The van der Waals surface area contributed by atoms with Gasteiger partial charge in [0.15, 0.2) is 5.76 Å². The fourth-order valence-electron chi connectivity index (χ4n) is 2.36. The Hall–Kier alpha value is -1.24. The summed E-state index contributed by atoms with van der Waals surface area (Å²) in [5, 5.41) is 6.06. The Morgan fingerprint density at radius 2 is 1.95 bits per heavy atom. The minimum atomic E-state index is 0.866. The van der Waals surface area contributed by atoms with E-state index in [1.807, 2.05) is 18.5 Å². The van der Waals surface area contributed by atoms with E-state index in [4.69, 9.17) is 4.52 Å². The SMILES string of the molecule is Cc1cc(CN2CCN(Cc3cscn3)CC2)on1. The third-order valence-electron chi connectivity index (χ3n) is 3.39. The van der Waals surface area contributed by atoms with Crippen LogP contribution in [0.3, 0.4) is 0 Å². The van der Waals surface area contributed by atoms with Crippen molar-refractivity contribution in [2.45, 2.75) is 20.0 Å². The van der Waals surface area contributed by atoms with Crippen LogP contribution in [-0.2, 0) is 13.1 Å². The molecular formula is C13H18N4OS. The van der Waals surface area contributed by atoms with Crippen LogP contribution in [-0.4, -0.2) is 46.1 Å². The molecule has 1 aliphatic heterocycles. The van der Waals surface area contributed by atoms with Crippen LogP contribution < -0.4 is 0 Å². The van der Waals surface area contributed by atoms with E-state index >= 15 is 0 Å². The summed E-state index contributed by atoms with van der Waals surface area (Å²) in [6.45, 7) is 8.12. The van der Waals surface area contributed by atoms with Gasteiger partial charge in [0.25, 0.3) is 0 Å².